The number of fused-ring (bicyclic) bond motifs is 1. The Morgan fingerprint density at radius 1 is 0.636 bits per heavy atom. The van der Waals surface area contributed by atoms with Gasteiger partial charge in [-0.3, -0.25) is 0 Å². The second kappa shape index (κ2) is 7.79. The molecular weight excluding hydrogens is 264 g/mol. The van der Waals surface area contributed by atoms with Crippen molar-refractivity contribution in [2.75, 3.05) is 0 Å². The van der Waals surface area contributed by atoms with Gasteiger partial charge in [0.05, 0.1) is 0 Å². The molecule has 1 radical (unpaired) electrons. The SMILES string of the molecule is [CH](CCCCc1ccccc1)Cc1ccc2ccccc2c1. The zero-order valence-corrected chi connectivity index (χ0v) is 13.0. The number of aryl methyl sites for hydroxylation is 1. The van der Waals surface area contributed by atoms with Crippen LogP contribution >= 0.6 is 0 Å². The van der Waals surface area contributed by atoms with Crippen LogP contribution in [0.3, 0.4) is 0 Å². The Kier molecular flexibility index (Phi) is 5.26. The first-order chi connectivity index (χ1) is 10.9. The first-order valence-corrected chi connectivity index (χ1v) is 8.25. The molecule has 0 aliphatic carbocycles. The van der Waals surface area contributed by atoms with E-state index in [4.69, 9.17) is 0 Å². The minimum atomic E-state index is 1.08. The van der Waals surface area contributed by atoms with Gasteiger partial charge in [-0.05, 0) is 54.0 Å². The van der Waals surface area contributed by atoms with Crippen molar-refractivity contribution in [3.8, 4) is 0 Å². The van der Waals surface area contributed by atoms with Crippen molar-refractivity contribution < 1.29 is 0 Å². The Morgan fingerprint density at radius 2 is 1.41 bits per heavy atom. The Morgan fingerprint density at radius 3 is 2.27 bits per heavy atom. The van der Waals surface area contributed by atoms with E-state index < -0.39 is 0 Å². The molecule has 0 nitrogen and oxygen atoms in total. The highest BCUT2D eigenvalue weighted by Crippen LogP contribution is 2.17. The van der Waals surface area contributed by atoms with Crippen molar-refractivity contribution in [3.63, 3.8) is 0 Å². The fraction of sp³-hybridized carbons (Fsp3) is 0.227. The highest BCUT2D eigenvalue weighted by molar-refractivity contribution is 5.83. The van der Waals surface area contributed by atoms with Crippen LogP contribution in [-0.2, 0) is 12.8 Å². The van der Waals surface area contributed by atoms with Crippen LogP contribution in [0, 0.1) is 6.42 Å². The van der Waals surface area contributed by atoms with Crippen LogP contribution in [0.5, 0.6) is 0 Å². The third-order valence-electron chi connectivity index (χ3n) is 4.16. The van der Waals surface area contributed by atoms with Gasteiger partial charge in [-0.15, -0.1) is 0 Å². The number of rotatable bonds is 7. The molecule has 111 valence electrons. The van der Waals surface area contributed by atoms with Gasteiger partial charge in [0.1, 0.15) is 0 Å². The summed E-state index contributed by atoms with van der Waals surface area (Å²) >= 11 is 0. The lowest BCUT2D eigenvalue weighted by molar-refractivity contribution is 0.716. The van der Waals surface area contributed by atoms with Gasteiger partial charge < -0.3 is 0 Å². The van der Waals surface area contributed by atoms with Crippen LogP contribution < -0.4 is 0 Å². The van der Waals surface area contributed by atoms with E-state index in [0.29, 0.717) is 0 Å². The van der Waals surface area contributed by atoms with Crippen LogP contribution in [0.2, 0.25) is 0 Å². The minimum Gasteiger partial charge on any atom is -0.0622 e. The second-order valence-corrected chi connectivity index (χ2v) is 5.91. The molecule has 22 heavy (non-hydrogen) atoms. The standard InChI is InChI=1S/C22H23/c1(4-10-19-11-6-3-7-12-19)2-5-13-20-16-17-21-14-8-9-15-22(21)18-20/h3,5-9,11-12,14-18H,1-2,4,10,13H2. The third kappa shape index (κ3) is 4.21. The maximum atomic E-state index is 2.43. The molecule has 0 unspecified atom stereocenters. The molecule has 0 N–H and O–H groups in total. The summed E-state index contributed by atoms with van der Waals surface area (Å²) in [5.74, 6) is 0. The largest absolute Gasteiger partial charge is 0.0622 e. The van der Waals surface area contributed by atoms with Gasteiger partial charge in [0.25, 0.3) is 0 Å². The Balaban J connectivity index is 1.39. The molecule has 0 fully saturated rings. The highest BCUT2D eigenvalue weighted by Gasteiger charge is 1.98. The maximum absolute atomic E-state index is 2.43. The van der Waals surface area contributed by atoms with E-state index in [1.54, 1.807) is 0 Å². The van der Waals surface area contributed by atoms with E-state index in [0.717, 1.165) is 6.42 Å². The summed E-state index contributed by atoms with van der Waals surface area (Å²) in [4.78, 5) is 0. The number of benzene rings is 3. The predicted molar refractivity (Wildman–Crippen MR) is 95.9 cm³/mol. The first-order valence-electron chi connectivity index (χ1n) is 8.25. The average molecular weight is 287 g/mol. The molecular formula is C22H23. The van der Waals surface area contributed by atoms with Gasteiger partial charge in [-0.25, -0.2) is 0 Å². The van der Waals surface area contributed by atoms with E-state index in [9.17, 15) is 0 Å². The van der Waals surface area contributed by atoms with Gasteiger partial charge in [-0.1, -0.05) is 79.2 Å². The summed E-state index contributed by atoms with van der Waals surface area (Å²) in [5, 5.41) is 2.67. The van der Waals surface area contributed by atoms with Gasteiger partial charge in [0, 0.05) is 0 Å². The molecule has 0 saturated carbocycles. The minimum absolute atomic E-state index is 1.08. The molecule has 3 aromatic rings. The summed E-state index contributed by atoms with van der Waals surface area (Å²) in [5.41, 5.74) is 2.87. The quantitative estimate of drug-likeness (QED) is 0.467. The molecule has 3 aromatic carbocycles. The predicted octanol–water partition coefficient (Wildman–Crippen LogP) is 6.00. The van der Waals surface area contributed by atoms with Crippen molar-refractivity contribution in [2.24, 2.45) is 0 Å². The van der Waals surface area contributed by atoms with E-state index >= 15 is 0 Å². The fourth-order valence-corrected chi connectivity index (χ4v) is 2.90. The van der Waals surface area contributed by atoms with E-state index in [-0.39, 0.29) is 0 Å². The van der Waals surface area contributed by atoms with E-state index in [1.807, 2.05) is 0 Å². The lowest BCUT2D eigenvalue weighted by Crippen LogP contribution is -1.89. The van der Waals surface area contributed by atoms with Gasteiger partial charge in [0.15, 0.2) is 0 Å². The molecule has 0 heterocycles. The normalized spacial score (nSPS) is 10.9. The average Bonchev–Trinajstić information content (AvgIpc) is 2.59. The number of hydrogen-bond donors (Lipinski definition) is 0. The zero-order valence-electron chi connectivity index (χ0n) is 13.0. The fourth-order valence-electron chi connectivity index (χ4n) is 2.90. The maximum Gasteiger partial charge on any atom is -0.0181 e. The Bertz CT molecular complexity index is 697. The van der Waals surface area contributed by atoms with Crippen LogP contribution in [-0.4, -0.2) is 0 Å². The molecule has 0 bridgehead atoms. The van der Waals surface area contributed by atoms with Crippen molar-refractivity contribution >= 4 is 10.8 Å². The molecule has 0 atom stereocenters. The lowest BCUT2D eigenvalue weighted by atomic mass is 10.0. The molecule has 0 spiro atoms. The first kappa shape index (κ1) is 14.8. The number of unbranched alkanes of at least 4 members (excludes halogenated alkanes) is 3. The Labute approximate surface area is 133 Å². The Hall–Kier alpha value is -2.08. The second-order valence-electron chi connectivity index (χ2n) is 5.91. The monoisotopic (exact) mass is 287 g/mol. The molecule has 0 aromatic heterocycles. The smallest absolute Gasteiger partial charge is 0.0181 e. The van der Waals surface area contributed by atoms with E-state index in [1.165, 1.54) is 47.6 Å². The summed E-state index contributed by atoms with van der Waals surface area (Å²) < 4.78 is 0. The summed E-state index contributed by atoms with van der Waals surface area (Å²) in [6.07, 6.45) is 8.47. The molecule has 0 amide bonds. The summed E-state index contributed by atoms with van der Waals surface area (Å²) in [7, 11) is 0. The van der Waals surface area contributed by atoms with Crippen molar-refractivity contribution in [1.82, 2.24) is 0 Å². The van der Waals surface area contributed by atoms with E-state index in [2.05, 4.69) is 79.2 Å². The van der Waals surface area contributed by atoms with Crippen LogP contribution in [0.25, 0.3) is 10.8 Å². The lowest BCUT2D eigenvalue weighted by Gasteiger charge is -2.04. The summed E-state index contributed by atoms with van der Waals surface area (Å²) in [6.45, 7) is 0. The van der Waals surface area contributed by atoms with Crippen LogP contribution in [0.1, 0.15) is 30.4 Å². The van der Waals surface area contributed by atoms with Gasteiger partial charge in [0.2, 0.25) is 0 Å². The molecule has 0 aliphatic rings. The van der Waals surface area contributed by atoms with Crippen molar-refractivity contribution in [1.29, 1.82) is 0 Å². The van der Waals surface area contributed by atoms with Gasteiger partial charge >= 0.3 is 0 Å². The number of hydrogen-bond acceptors (Lipinski definition) is 0. The van der Waals surface area contributed by atoms with Crippen molar-refractivity contribution in [3.05, 3.63) is 90.3 Å². The highest BCUT2D eigenvalue weighted by atomic mass is 14.0. The third-order valence-corrected chi connectivity index (χ3v) is 4.16. The van der Waals surface area contributed by atoms with Crippen LogP contribution in [0.15, 0.2) is 72.8 Å². The van der Waals surface area contributed by atoms with Crippen molar-refractivity contribution in [2.45, 2.75) is 32.1 Å². The molecule has 3 rings (SSSR count). The summed E-state index contributed by atoms with van der Waals surface area (Å²) in [6, 6.07) is 26.2. The molecule has 0 aliphatic heterocycles. The molecule has 0 heteroatoms. The van der Waals surface area contributed by atoms with Crippen LogP contribution in [0.4, 0.5) is 0 Å². The topological polar surface area (TPSA) is 0 Å². The van der Waals surface area contributed by atoms with Gasteiger partial charge in [-0.2, -0.15) is 0 Å². The molecule has 0 saturated heterocycles. The zero-order chi connectivity index (χ0) is 15.0.